The Labute approximate surface area is 176 Å². The van der Waals surface area contributed by atoms with E-state index in [2.05, 4.69) is 10.3 Å². The molecule has 1 saturated heterocycles. The Morgan fingerprint density at radius 3 is 2.52 bits per heavy atom. The third kappa shape index (κ3) is 4.16. The molecule has 1 aliphatic heterocycles. The Bertz CT molecular complexity index is 1040. The molecule has 29 heavy (non-hydrogen) atoms. The SMILES string of the molecule is CN(C)S(=O)(=S)N1CCC(Nc2ncc3ccc(=O)n(C4CCCC4)c3n2)CC1. The first-order valence-corrected chi connectivity index (χ1v) is 12.6. The molecule has 0 spiro atoms. The molecule has 10 heteroatoms. The minimum absolute atomic E-state index is 0.00579. The lowest BCUT2D eigenvalue weighted by atomic mass is 10.1. The number of pyridine rings is 1. The first-order valence-electron chi connectivity index (χ1n) is 10.2. The number of hydrogen-bond donors (Lipinski definition) is 1. The van der Waals surface area contributed by atoms with Crippen molar-refractivity contribution in [2.45, 2.75) is 50.6 Å². The zero-order chi connectivity index (χ0) is 20.6. The summed E-state index contributed by atoms with van der Waals surface area (Å²) in [6.45, 7) is 1.33. The number of rotatable bonds is 5. The molecule has 1 N–H and O–H groups in total. The van der Waals surface area contributed by atoms with E-state index >= 15 is 0 Å². The summed E-state index contributed by atoms with van der Waals surface area (Å²) in [7, 11) is 0.971. The second kappa shape index (κ2) is 8.25. The Kier molecular flexibility index (Phi) is 5.87. The molecule has 2 aromatic rings. The standard InChI is InChI=1S/C19H28N6O2S2/c1-23(2)29(27,28)24-11-9-15(10-12-24)21-19-20-13-14-7-8-17(26)25(18(14)22-19)16-5-3-4-6-16/h7-8,13,15-16H,3-6,9-12H2,1-2H3,(H,20,21,22). The second-order valence-electron chi connectivity index (χ2n) is 8.06. The number of nitrogens with one attached hydrogen (secondary N) is 1. The van der Waals surface area contributed by atoms with Gasteiger partial charge in [0.05, 0.1) is 0 Å². The zero-order valence-corrected chi connectivity index (χ0v) is 18.5. The summed E-state index contributed by atoms with van der Waals surface area (Å²) in [5.74, 6) is 0.542. The number of fused-ring (bicyclic) bond motifs is 1. The highest BCUT2D eigenvalue weighted by molar-refractivity contribution is 8.30. The van der Waals surface area contributed by atoms with Crippen LogP contribution in [-0.4, -0.2) is 60.6 Å². The molecule has 1 unspecified atom stereocenters. The van der Waals surface area contributed by atoms with Crippen molar-refractivity contribution < 1.29 is 4.21 Å². The third-order valence-corrected chi connectivity index (χ3v) is 9.40. The van der Waals surface area contributed by atoms with Gasteiger partial charge in [-0.2, -0.15) is 4.98 Å². The van der Waals surface area contributed by atoms with Crippen LogP contribution in [0.1, 0.15) is 44.6 Å². The van der Waals surface area contributed by atoms with Gasteiger partial charge in [0.2, 0.25) is 5.95 Å². The lowest BCUT2D eigenvalue weighted by Crippen LogP contribution is -2.46. The first-order chi connectivity index (χ1) is 13.9. The fraction of sp³-hybridized carbons (Fsp3) is 0.632. The Hall–Kier alpha value is -1.62. The van der Waals surface area contributed by atoms with E-state index in [0.29, 0.717) is 24.7 Å². The van der Waals surface area contributed by atoms with E-state index in [0.717, 1.165) is 43.9 Å². The van der Waals surface area contributed by atoms with Crippen molar-refractivity contribution in [3.63, 3.8) is 0 Å². The van der Waals surface area contributed by atoms with Gasteiger partial charge in [-0.15, -0.1) is 0 Å². The second-order valence-corrected chi connectivity index (χ2v) is 11.5. The van der Waals surface area contributed by atoms with Crippen molar-refractivity contribution in [2.75, 3.05) is 32.5 Å². The summed E-state index contributed by atoms with van der Waals surface area (Å²) in [6.07, 6.45) is 7.77. The highest BCUT2D eigenvalue weighted by atomic mass is 32.8. The monoisotopic (exact) mass is 436 g/mol. The number of aromatic nitrogens is 3. The molecular weight excluding hydrogens is 408 g/mol. The number of piperidine rings is 1. The van der Waals surface area contributed by atoms with E-state index < -0.39 is 8.86 Å². The maximum atomic E-state index is 12.6. The Morgan fingerprint density at radius 1 is 1.17 bits per heavy atom. The van der Waals surface area contributed by atoms with Gasteiger partial charge in [0.1, 0.15) is 5.65 Å². The van der Waals surface area contributed by atoms with E-state index in [9.17, 15) is 9.00 Å². The van der Waals surface area contributed by atoms with E-state index in [1.807, 2.05) is 8.87 Å². The molecule has 0 bridgehead atoms. The number of hydrogen-bond acceptors (Lipinski definition) is 6. The molecule has 2 fully saturated rings. The topological polar surface area (TPSA) is 83.4 Å². The first kappa shape index (κ1) is 20.6. The van der Waals surface area contributed by atoms with Crippen LogP contribution < -0.4 is 10.9 Å². The maximum Gasteiger partial charge on any atom is 0.252 e. The number of anilines is 1. The predicted molar refractivity (Wildman–Crippen MR) is 119 cm³/mol. The van der Waals surface area contributed by atoms with E-state index in [1.54, 1.807) is 36.7 Å². The summed E-state index contributed by atoms with van der Waals surface area (Å²) in [6, 6.07) is 3.83. The van der Waals surface area contributed by atoms with Gasteiger partial charge in [-0.05, 0) is 31.7 Å². The van der Waals surface area contributed by atoms with Crippen LogP contribution in [0.5, 0.6) is 0 Å². The summed E-state index contributed by atoms with van der Waals surface area (Å²) in [4.78, 5) is 21.7. The molecule has 158 valence electrons. The van der Waals surface area contributed by atoms with Gasteiger partial charge < -0.3 is 5.32 Å². The van der Waals surface area contributed by atoms with Crippen LogP contribution in [0, 0.1) is 0 Å². The fourth-order valence-corrected chi connectivity index (χ4v) is 5.85. The molecule has 8 nitrogen and oxygen atoms in total. The number of nitrogens with zero attached hydrogens (tertiary/aromatic N) is 5. The molecule has 1 atom stereocenters. The van der Waals surface area contributed by atoms with Crippen molar-refractivity contribution in [3.05, 3.63) is 28.7 Å². The largest absolute Gasteiger partial charge is 0.351 e. The van der Waals surface area contributed by atoms with Crippen LogP contribution in [0.4, 0.5) is 5.95 Å². The van der Waals surface area contributed by atoms with Crippen LogP contribution in [0.3, 0.4) is 0 Å². The van der Waals surface area contributed by atoms with Crippen LogP contribution in [0.2, 0.25) is 0 Å². The molecule has 0 radical (unpaired) electrons. The summed E-state index contributed by atoms with van der Waals surface area (Å²) >= 11 is 5.29. The molecule has 3 heterocycles. The smallest absolute Gasteiger partial charge is 0.252 e. The normalized spacial score (nSPS) is 21.6. The van der Waals surface area contributed by atoms with Crippen molar-refractivity contribution >= 4 is 37.0 Å². The Morgan fingerprint density at radius 2 is 1.86 bits per heavy atom. The lowest BCUT2D eigenvalue weighted by molar-refractivity contribution is 0.331. The molecule has 2 aliphatic rings. The minimum Gasteiger partial charge on any atom is -0.351 e. The van der Waals surface area contributed by atoms with E-state index in [-0.39, 0.29) is 17.6 Å². The average Bonchev–Trinajstić information content (AvgIpc) is 3.22. The highest BCUT2D eigenvalue weighted by Gasteiger charge is 2.27. The summed E-state index contributed by atoms with van der Waals surface area (Å²) < 4.78 is 18.0. The summed E-state index contributed by atoms with van der Waals surface area (Å²) in [5, 5.41) is 4.29. The molecule has 4 rings (SSSR count). The molecule has 0 aromatic carbocycles. The molecule has 1 aliphatic carbocycles. The van der Waals surface area contributed by atoms with Gasteiger partial charge in [-0.3, -0.25) is 9.36 Å². The van der Waals surface area contributed by atoms with Crippen molar-refractivity contribution in [1.82, 2.24) is 23.1 Å². The van der Waals surface area contributed by atoms with E-state index in [4.69, 9.17) is 16.2 Å². The maximum absolute atomic E-state index is 12.6. The third-order valence-electron chi connectivity index (χ3n) is 5.93. The highest BCUT2D eigenvalue weighted by Crippen LogP contribution is 2.30. The predicted octanol–water partition coefficient (Wildman–Crippen LogP) is 1.92. The van der Waals surface area contributed by atoms with Gasteiger partial charge in [-0.1, -0.05) is 12.8 Å². The molecule has 1 saturated carbocycles. The van der Waals surface area contributed by atoms with Crippen LogP contribution in [0.15, 0.2) is 23.1 Å². The van der Waals surface area contributed by atoms with Crippen LogP contribution >= 0.6 is 0 Å². The summed E-state index contributed by atoms with van der Waals surface area (Å²) in [5.41, 5.74) is 0.715. The van der Waals surface area contributed by atoms with Gasteiger partial charge in [0.15, 0.2) is 8.86 Å². The quantitative estimate of drug-likeness (QED) is 0.771. The van der Waals surface area contributed by atoms with Gasteiger partial charge in [0.25, 0.3) is 5.56 Å². The molecular formula is C19H28N6O2S2. The van der Waals surface area contributed by atoms with Gasteiger partial charge in [0, 0.05) is 68.1 Å². The van der Waals surface area contributed by atoms with Crippen molar-refractivity contribution in [2.24, 2.45) is 0 Å². The van der Waals surface area contributed by atoms with Crippen molar-refractivity contribution in [1.29, 1.82) is 0 Å². The van der Waals surface area contributed by atoms with E-state index in [1.165, 1.54) is 0 Å². The Balaban J connectivity index is 1.52. The fourth-order valence-electron chi connectivity index (χ4n) is 4.27. The molecule has 2 aromatic heterocycles. The van der Waals surface area contributed by atoms with Crippen molar-refractivity contribution in [3.8, 4) is 0 Å². The van der Waals surface area contributed by atoms with Gasteiger partial charge in [-0.25, -0.2) is 17.8 Å². The average molecular weight is 437 g/mol. The van der Waals surface area contributed by atoms with Crippen LogP contribution in [0.25, 0.3) is 11.0 Å². The minimum atomic E-state index is -2.54. The van der Waals surface area contributed by atoms with Gasteiger partial charge >= 0.3 is 0 Å². The lowest BCUT2D eigenvalue weighted by Gasteiger charge is -2.35. The van der Waals surface area contributed by atoms with Crippen LogP contribution in [-0.2, 0) is 20.1 Å². The zero-order valence-electron chi connectivity index (χ0n) is 16.9. The molecule has 0 amide bonds.